The van der Waals surface area contributed by atoms with Gasteiger partial charge in [-0.1, -0.05) is 12.1 Å². The molecule has 1 heterocycles. The molecule has 1 aromatic carbocycles. The maximum absolute atomic E-state index is 13.7. The van der Waals surface area contributed by atoms with Crippen LogP contribution >= 0.6 is 0 Å². The first kappa shape index (κ1) is 10.4. The minimum absolute atomic E-state index is 0.0135. The molecule has 0 radical (unpaired) electrons. The predicted molar refractivity (Wildman–Crippen MR) is 53.0 cm³/mol. The van der Waals surface area contributed by atoms with Crippen molar-refractivity contribution < 1.29 is 13.9 Å². The molecular formula is C11H13F2NO. The van der Waals surface area contributed by atoms with Crippen molar-refractivity contribution in [2.75, 3.05) is 13.1 Å². The van der Waals surface area contributed by atoms with Crippen LogP contribution in [0.3, 0.4) is 0 Å². The lowest BCUT2D eigenvalue weighted by Crippen LogP contribution is -2.44. The molecule has 0 aromatic heterocycles. The highest BCUT2D eigenvalue weighted by molar-refractivity contribution is 5.35. The zero-order valence-corrected chi connectivity index (χ0v) is 8.21. The number of para-hydroxylation sites is 1. The van der Waals surface area contributed by atoms with Crippen molar-refractivity contribution in [1.82, 2.24) is 5.32 Å². The highest BCUT2D eigenvalue weighted by atomic mass is 19.3. The van der Waals surface area contributed by atoms with Gasteiger partial charge in [-0.25, -0.2) is 8.78 Å². The van der Waals surface area contributed by atoms with E-state index in [0.29, 0.717) is 13.1 Å². The van der Waals surface area contributed by atoms with Crippen LogP contribution in [0.1, 0.15) is 12.0 Å². The molecule has 0 atom stereocenters. The molecule has 2 rings (SSSR count). The van der Waals surface area contributed by atoms with E-state index in [0.717, 1.165) is 0 Å². The molecule has 1 aliphatic rings. The fourth-order valence-electron chi connectivity index (χ4n) is 1.75. The summed E-state index contributed by atoms with van der Waals surface area (Å²) in [4.78, 5) is 0. The smallest absolute Gasteiger partial charge is 0.277 e. The standard InChI is InChI=1S/C11H13F2NO/c12-11(13,5-8-6-14-7-8)9-3-1-2-4-10(9)15/h1-4,8,14-15H,5-7H2. The molecule has 0 spiro atoms. The van der Waals surface area contributed by atoms with Gasteiger partial charge in [0.15, 0.2) is 0 Å². The molecule has 0 saturated carbocycles. The van der Waals surface area contributed by atoms with E-state index in [1.54, 1.807) is 6.07 Å². The van der Waals surface area contributed by atoms with Gasteiger partial charge < -0.3 is 10.4 Å². The van der Waals surface area contributed by atoms with E-state index >= 15 is 0 Å². The highest BCUT2D eigenvalue weighted by Gasteiger charge is 2.38. The summed E-state index contributed by atoms with van der Waals surface area (Å²) in [6, 6.07) is 5.63. The zero-order chi connectivity index (χ0) is 10.9. The fourth-order valence-corrected chi connectivity index (χ4v) is 1.75. The lowest BCUT2D eigenvalue weighted by Gasteiger charge is -2.30. The van der Waals surface area contributed by atoms with Crippen molar-refractivity contribution >= 4 is 0 Å². The number of rotatable bonds is 3. The van der Waals surface area contributed by atoms with Gasteiger partial charge in [-0.3, -0.25) is 0 Å². The van der Waals surface area contributed by atoms with Crippen LogP contribution in [0, 0.1) is 5.92 Å². The predicted octanol–water partition coefficient (Wildman–Crippen LogP) is 2.09. The summed E-state index contributed by atoms with van der Waals surface area (Å²) < 4.78 is 27.4. The average Bonchev–Trinajstić information content (AvgIpc) is 2.12. The molecule has 0 unspecified atom stereocenters. The van der Waals surface area contributed by atoms with Gasteiger partial charge in [-0.05, 0) is 31.1 Å². The van der Waals surface area contributed by atoms with E-state index in [2.05, 4.69) is 5.32 Å². The third-order valence-corrected chi connectivity index (χ3v) is 2.71. The summed E-state index contributed by atoms with van der Waals surface area (Å²) >= 11 is 0. The molecule has 2 nitrogen and oxygen atoms in total. The lowest BCUT2D eigenvalue weighted by molar-refractivity contribution is -0.0373. The Balaban J connectivity index is 2.16. The number of nitrogens with one attached hydrogen (secondary N) is 1. The molecular weight excluding hydrogens is 200 g/mol. The lowest BCUT2D eigenvalue weighted by atomic mass is 9.91. The normalized spacial score (nSPS) is 17.5. The molecule has 2 N–H and O–H groups in total. The third-order valence-electron chi connectivity index (χ3n) is 2.71. The topological polar surface area (TPSA) is 32.3 Å². The Morgan fingerprint density at radius 3 is 2.53 bits per heavy atom. The molecule has 4 heteroatoms. The van der Waals surface area contributed by atoms with Crippen LogP contribution in [-0.2, 0) is 5.92 Å². The Hall–Kier alpha value is -1.16. The molecule has 1 aromatic rings. The number of phenols is 1. The number of benzene rings is 1. The maximum Gasteiger partial charge on any atom is 0.277 e. The van der Waals surface area contributed by atoms with Crippen LogP contribution < -0.4 is 5.32 Å². The summed E-state index contributed by atoms with van der Waals surface area (Å²) in [7, 11) is 0. The Morgan fingerprint density at radius 2 is 2.00 bits per heavy atom. The van der Waals surface area contributed by atoms with Gasteiger partial charge in [-0.2, -0.15) is 0 Å². The minimum atomic E-state index is -2.93. The average molecular weight is 213 g/mol. The second-order valence-corrected chi connectivity index (χ2v) is 3.95. The largest absolute Gasteiger partial charge is 0.507 e. The summed E-state index contributed by atoms with van der Waals surface area (Å²) in [6.07, 6.45) is -0.197. The van der Waals surface area contributed by atoms with Gasteiger partial charge in [0.05, 0.1) is 5.56 Å². The van der Waals surface area contributed by atoms with Crippen molar-refractivity contribution in [3.63, 3.8) is 0 Å². The molecule has 15 heavy (non-hydrogen) atoms. The van der Waals surface area contributed by atoms with E-state index in [-0.39, 0.29) is 23.7 Å². The number of aromatic hydroxyl groups is 1. The number of hydrogen-bond acceptors (Lipinski definition) is 2. The second kappa shape index (κ2) is 3.77. The van der Waals surface area contributed by atoms with Crippen molar-refractivity contribution in [3.8, 4) is 5.75 Å². The van der Waals surface area contributed by atoms with Gasteiger partial charge in [0.2, 0.25) is 0 Å². The van der Waals surface area contributed by atoms with Crippen LogP contribution in [0.15, 0.2) is 24.3 Å². The Kier molecular flexibility index (Phi) is 2.61. The summed E-state index contributed by atoms with van der Waals surface area (Å²) in [5.74, 6) is -3.24. The second-order valence-electron chi connectivity index (χ2n) is 3.95. The monoisotopic (exact) mass is 213 g/mol. The molecule has 1 fully saturated rings. The van der Waals surface area contributed by atoms with Crippen LogP contribution in [0.4, 0.5) is 8.78 Å². The van der Waals surface area contributed by atoms with Gasteiger partial charge in [0.25, 0.3) is 5.92 Å². The van der Waals surface area contributed by atoms with E-state index < -0.39 is 5.92 Å². The Bertz CT molecular complexity index is 350. The number of alkyl halides is 2. The number of hydrogen-bond donors (Lipinski definition) is 2. The molecule has 0 amide bonds. The SMILES string of the molecule is Oc1ccccc1C(F)(F)CC1CNC1. The first-order valence-corrected chi connectivity index (χ1v) is 4.96. The van der Waals surface area contributed by atoms with Gasteiger partial charge >= 0.3 is 0 Å². The van der Waals surface area contributed by atoms with Crippen LogP contribution in [-0.4, -0.2) is 18.2 Å². The first-order chi connectivity index (χ1) is 7.09. The fraction of sp³-hybridized carbons (Fsp3) is 0.455. The summed E-state index contributed by atoms with van der Waals surface area (Å²) in [6.45, 7) is 1.28. The Morgan fingerprint density at radius 1 is 1.33 bits per heavy atom. The van der Waals surface area contributed by atoms with Crippen LogP contribution in [0.5, 0.6) is 5.75 Å². The van der Waals surface area contributed by atoms with Gasteiger partial charge in [-0.15, -0.1) is 0 Å². The highest BCUT2D eigenvalue weighted by Crippen LogP contribution is 2.39. The first-order valence-electron chi connectivity index (χ1n) is 4.96. The van der Waals surface area contributed by atoms with Crippen LogP contribution in [0.25, 0.3) is 0 Å². The third kappa shape index (κ3) is 2.09. The number of phenolic OH excluding ortho intramolecular Hbond substituents is 1. The van der Waals surface area contributed by atoms with Crippen molar-refractivity contribution in [1.29, 1.82) is 0 Å². The van der Waals surface area contributed by atoms with Gasteiger partial charge in [0.1, 0.15) is 5.75 Å². The van der Waals surface area contributed by atoms with E-state index in [9.17, 15) is 13.9 Å². The quantitative estimate of drug-likeness (QED) is 0.805. The molecule has 82 valence electrons. The van der Waals surface area contributed by atoms with E-state index in [1.807, 2.05) is 0 Å². The van der Waals surface area contributed by atoms with E-state index in [4.69, 9.17) is 0 Å². The van der Waals surface area contributed by atoms with Crippen molar-refractivity contribution in [2.24, 2.45) is 5.92 Å². The van der Waals surface area contributed by atoms with Crippen molar-refractivity contribution in [3.05, 3.63) is 29.8 Å². The molecule has 0 bridgehead atoms. The minimum Gasteiger partial charge on any atom is -0.507 e. The maximum atomic E-state index is 13.7. The summed E-state index contributed by atoms with van der Waals surface area (Å²) in [5.41, 5.74) is -0.267. The zero-order valence-electron chi connectivity index (χ0n) is 8.21. The molecule has 1 aliphatic heterocycles. The van der Waals surface area contributed by atoms with Crippen molar-refractivity contribution in [2.45, 2.75) is 12.3 Å². The van der Waals surface area contributed by atoms with Gasteiger partial charge in [0, 0.05) is 6.42 Å². The molecule has 1 saturated heterocycles. The summed E-state index contributed by atoms with van der Waals surface area (Å²) in [5, 5.41) is 12.3. The molecule has 0 aliphatic carbocycles. The van der Waals surface area contributed by atoms with E-state index in [1.165, 1.54) is 18.2 Å². The Labute approximate surface area is 86.9 Å². The van der Waals surface area contributed by atoms with Crippen LogP contribution in [0.2, 0.25) is 0 Å². The number of halogens is 2.